The van der Waals surface area contributed by atoms with E-state index in [2.05, 4.69) is 5.32 Å². The van der Waals surface area contributed by atoms with Crippen molar-refractivity contribution in [1.82, 2.24) is 13.9 Å². The normalized spacial score (nSPS) is 19.4. The van der Waals surface area contributed by atoms with E-state index < -0.39 is 28.0 Å². The van der Waals surface area contributed by atoms with Gasteiger partial charge in [-0.1, -0.05) is 6.92 Å². The quantitative estimate of drug-likeness (QED) is 0.675. The first kappa shape index (κ1) is 17.9. The molecule has 1 aliphatic heterocycles. The molecule has 0 aliphatic carbocycles. The van der Waals surface area contributed by atoms with Crippen LogP contribution in [-0.2, 0) is 19.8 Å². The molecule has 0 spiro atoms. The second-order valence-corrected chi connectivity index (χ2v) is 7.35. The SMILES string of the molecule is CNC(=O)C(C)CN(C)S(=O)(=O)N1CCC(C(=O)O)CC1. The van der Waals surface area contributed by atoms with Gasteiger partial charge in [0.15, 0.2) is 0 Å². The Bertz CT molecular complexity index is 485. The molecular formula is C12H23N3O5S. The third-order valence-corrected chi connectivity index (χ3v) is 5.70. The molecule has 0 radical (unpaired) electrons. The Morgan fingerprint density at radius 1 is 1.38 bits per heavy atom. The Morgan fingerprint density at radius 3 is 2.33 bits per heavy atom. The maximum atomic E-state index is 12.4. The molecule has 1 heterocycles. The van der Waals surface area contributed by atoms with Gasteiger partial charge in [0.1, 0.15) is 0 Å². The van der Waals surface area contributed by atoms with Gasteiger partial charge in [-0.15, -0.1) is 0 Å². The molecule has 1 fully saturated rings. The Kier molecular flexibility index (Phi) is 6.11. The summed E-state index contributed by atoms with van der Waals surface area (Å²) in [7, 11) is -0.722. The molecule has 1 atom stereocenters. The molecule has 0 bridgehead atoms. The van der Waals surface area contributed by atoms with E-state index in [0.717, 1.165) is 4.31 Å². The van der Waals surface area contributed by atoms with Gasteiger partial charge >= 0.3 is 5.97 Å². The Hall–Kier alpha value is -1.19. The second-order valence-electron chi connectivity index (χ2n) is 5.32. The first-order valence-corrected chi connectivity index (χ1v) is 8.25. The number of hydrogen-bond donors (Lipinski definition) is 2. The number of aliphatic carboxylic acids is 1. The molecule has 0 aromatic rings. The van der Waals surface area contributed by atoms with E-state index in [9.17, 15) is 18.0 Å². The van der Waals surface area contributed by atoms with Crippen LogP contribution < -0.4 is 5.32 Å². The highest BCUT2D eigenvalue weighted by Gasteiger charge is 2.34. The van der Waals surface area contributed by atoms with Crippen molar-refractivity contribution in [2.24, 2.45) is 11.8 Å². The van der Waals surface area contributed by atoms with Crippen LogP contribution >= 0.6 is 0 Å². The molecule has 21 heavy (non-hydrogen) atoms. The lowest BCUT2D eigenvalue weighted by molar-refractivity contribution is -0.143. The van der Waals surface area contributed by atoms with Gasteiger partial charge in [0.25, 0.3) is 10.2 Å². The van der Waals surface area contributed by atoms with Crippen molar-refractivity contribution in [3.8, 4) is 0 Å². The first-order chi connectivity index (χ1) is 9.70. The molecule has 0 saturated carbocycles. The molecule has 0 aromatic carbocycles. The number of amides is 1. The van der Waals surface area contributed by atoms with Gasteiger partial charge in [0.05, 0.1) is 5.92 Å². The summed E-state index contributed by atoms with van der Waals surface area (Å²) in [6, 6.07) is 0. The second kappa shape index (κ2) is 7.19. The van der Waals surface area contributed by atoms with E-state index in [1.165, 1.54) is 18.4 Å². The number of hydrogen-bond acceptors (Lipinski definition) is 4. The van der Waals surface area contributed by atoms with Crippen LogP contribution in [0.2, 0.25) is 0 Å². The van der Waals surface area contributed by atoms with Crippen LogP contribution in [-0.4, -0.2) is 67.7 Å². The predicted molar refractivity (Wildman–Crippen MR) is 76.7 cm³/mol. The molecule has 8 nitrogen and oxygen atoms in total. The summed E-state index contributed by atoms with van der Waals surface area (Å²) in [5.41, 5.74) is 0. The lowest BCUT2D eigenvalue weighted by atomic mass is 9.99. The predicted octanol–water partition coefficient (Wildman–Crippen LogP) is -0.658. The average molecular weight is 321 g/mol. The molecule has 1 aliphatic rings. The number of rotatable bonds is 6. The number of carbonyl (C=O) groups is 2. The first-order valence-electron chi connectivity index (χ1n) is 6.86. The van der Waals surface area contributed by atoms with Crippen molar-refractivity contribution >= 4 is 22.1 Å². The molecule has 122 valence electrons. The van der Waals surface area contributed by atoms with Crippen molar-refractivity contribution in [2.45, 2.75) is 19.8 Å². The fourth-order valence-corrected chi connectivity index (χ4v) is 3.82. The highest BCUT2D eigenvalue weighted by Crippen LogP contribution is 2.21. The van der Waals surface area contributed by atoms with Crippen molar-refractivity contribution in [3.05, 3.63) is 0 Å². The highest BCUT2D eigenvalue weighted by molar-refractivity contribution is 7.86. The minimum atomic E-state index is -3.65. The molecule has 1 unspecified atom stereocenters. The van der Waals surface area contributed by atoms with Gasteiger partial charge in [-0.05, 0) is 12.8 Å². The summed E-state index contributed by atoms with van der Waals surface area (Å²) < 4.78 is 27.2. The molecule has 1 rings (SSSR count). The van der Waals surface area contributed by atoms with Gasteiger partial charge in [-0.25, -0.2) is 0 Å². The summed E-state index contributed by atoms with van der Waals surface area (Å²) in [6.45, 7) is 2.12. The van der Waals surface area contributed by atoms with Crippen LogP contribution in [0.1, 0.15) is 19.8 Å². The van der Waals surface area contributed by atoms with E-state index in [1.807, 2.05) is 0 Å². The lowest BCUT2D eigenvalue weighted by Crippen LogP contribution is -2.48. The minimum Gasteiger partial charge on any atom is -0.481 e. The van der Waals surface area contributed by atoms with Crippen LogP contribution in [0.4, 0.5) is 0 Å². The van der Waals surface area contributed by atoms with Crippen molar-refractivity contribution < 1.29 is 23.1 Å². The number of carboxylic acid groups (broad SMARTS) is 1. The van der Waals surface area contributed by atoms with E-state index in [1.54, 1.807) is 6.92 Å². The summed E-state index contributed by atoms with van der Waals surface area (Å²) in [5.74, 6) is -2.03. The van der Waals surface area contributed by atoms with Gasteiger partial charge in [-0.3, -0.25) is 9.59 Å². The third-order valence-electron chi connectivity index (χ3n) is 3.75. The fraction of sp³-hybridized carbons (Fsp3) is 0.833. The lowest BCUT2D eigenvalue weighted by Gasteiger charge is -2.33. The molecule has 9 heteroatoms. The summed E-state index contributed by atoms with van der Waals surface area (Å²) in [5, 5.41) is 11.4. The molecule has 0 aromatic heterocycles. The van der Waals surface area contributed by atoms with Crippen LogP contribution in [0, 0.1) is 11.8 Å². The van der Waals surface area contributed by atoms with Gasteiger partial charge in [0.2, 0.25) is 5.91 Å². The number of nitrogens with one attached hydrogen (secondary N) is 1. The van der Waals surface area contributed by atoms with E-state index in [0.29, 0.717) is 12.8 Å². The maximum Gasteiger partial charge on any atom is 0.306 e. The zero-order chi connectivity index (χ0) is 16.2. The zero-order valence-electron chi connectivity index (χ0n) is 12.6. The van der Waals surface area contributed by atoms with Gasteiger partial charge in [0, 0.05) is 39.6 Å². The van der Waals surface area contributed by atoms with Gasteiger partial charge < -0.3 is 10.4 Å². The minimum absolute atomic E-state index is 0.0842. The van der Waals surface area contributed by atoms with E-state index in [4.69, 9.17) is 5.11 Å². The number of carboxylic acids is 1. The number of piperidine rings is 1. The van der Waals surface area contributed by atoms with E-state index >= 15 is 0 Å². The molecule has 1 amide bonds. The molecular weight excluding hydrogens is 298 g/mol. The topological polar surface area (TPSA) is 107 Å². The van der Waals surface area contributed by atoms with E-state index in [-0.39, 0.29) is 25.5 Å². The van der Waals surface area contributed by atoms with Crippen molar-refractivity contribution in [1.29, 1.82) is 0 Å². The van der Waals surface area contributed by atoms with Crippen molar-refractivity contribution in [2.75, 3.05) is 33.7 Å². The largest absolute Gasteiger partial charge is 0.481 e. The Balaban J connectivity index is 2.65. The monoisotopic (exact) mass is 321 g/mol. The highest BCUT2D eigenvalue weighted by atomic mass is 32.2. The Morgan fingerprint density at radius 2 is 1.90 bits per heavy atom. The summed E-state index contributed by atoms with van der Waals surface area (Å²) in [6.07, 6.45) is 0.626. The Labute approximate surface area is 125 Å². The van der Waals surface area contributed by atoms with Crippen LogP contribution in [0.5, 0.6) is 0 Å². The molecule has 1 saturated heterocycles. The van der Waals surface area contributed by atoms with Crippen LogP contribution in [0.3, 0.4) is 0 Å². The van der Waals surface area contributed by atoms with Crippen LogP contribution in [0.25, 0.3) is 0 Å². The summed E-state index contributed by atoms with van der Waals surface area (Å²) in [4.78, 5) is 22.3. The van der Waals surface area contributed by atoms with Crippen LogP contribution in [0.15, 0.2) is 0 Å². The zero-order valence-corrected chi connectivity index (χ0v) is 13.4. The maximum absolute atomic E-state index is 12.4. The molecule has 2 N–H and O–H groups in total. The van der Waals surface area contributed by atoms with Gasteiger partial charge in [-0.2, -0.15) is 17.0 Å². The standard InChI is InChI=1S/C12H23N3O5S/c1-9(11(16)13-2)8-14(3)21(19,20)15-6-4-10(5-7-15)12(17)18/h9-10H,4-8H2,1-3H3,(H,13,16)(H,17,18). The smallest absolute Gasteiger partial charge is 0.306 e. The van der Waals surface area contributed by atoms with Crippen molar-refractivity contribution in [3.63, 3.8) is 0 Å². The average Bonchev–Trinajstić information content (AvgIpc) is 2.46. The number of carbonyl (C=O) groups excluding carboxylic acids is 1. The number of nitrogens with zero attached hydrogens (tertiary/aromatic N) is 2. The third kappa shape index (κ3) is 4.39. The summed E-state index contributed by atoms with van der Waals surface area (Å²) >= 11 is 0. The fourth-order valence-electron chi connectivity index (χ4n) is 2.34.